The number of hydrogen-bond acceptors (Lipinski definition) is 4. The smallest absolute Gasteiger partial charge is 0.277 e. The van der Waals surface area contributed by atoms with Crippen molar-refractivity contribution in [1.29, 1.82) is 0 Å². The molecule has 0 saturated carbocycles. The second kappa shape index (κ2) is 5.05. The number of hydrogen-bond donors (Lipinski definition) is 1. The van der Waals surface area contributed by atoms with Crippen molar-refractivity contribution in [3.05, 3.63) is 22.7 Å². The average Bonchev–Trinajstić information content (AvgIpc) is 2.30. The van der Waals surface area contributed by atoms with E-state index in [4.69, 9.17) is 21.2 Å². The number of halogens is 1. The number of benzene rings is 1. The zero-order chi connectivity index (χ0) is 12.3. The fourth-order valence-corrected chi connectivity index (χ4v) is 1.33. The molecule has 6 heteroatoms. The van der Waals surface area contributed by atoms with Crippen molar-refractivity contribution < 1.29 is 19.5 Å². The van der Waals surface area contributed by atoms with Gasteiger partial charge in [0.2, 0.25) is 0 Å². The number of ether oxygens (including phenoxy) is 1. The van der Waals surface area contributed by atoms with E-state index in [9.17, 15) is 9.90 Å². The van der Waals surface area contributed by atoms with Gasteiger partial charge >= 0.3 is 0 Å². The van der Waals surface area contributed by atoms with Gasteiger partial charge in [-0.3, -0.25) is 9.63 Å². The number of rotatable bonds is 3. The van der Waals surface area contributed by atoms with Crippen molar-refractivity contribution in [3.8, 4) is 11.5 Å². The number of hydroxylamine groups is 2. The third-order valence-electron chi connectivity index (χ3n) is 2.06. The molecule has 1 amide bonds. The van der Waals surface area contributed by atoms with E-state index >= 15 is 0 Å². The summed E-state index contributed by atoms with van der Waals surface area (Å²) in [5, 5.41) is 10.6. The highest BCUT2D eigenvalue weighted by Gasteiger charge is 2.16. The van der Waals surface area contributed by atoms with Gasteiger partial charge in [-0.2, -0.15) is 0 Å². The van der Waals surface area contributed by atoms with E-state index in [-0.39, 0.29) is 28.0 Å². The van der Waals surface area contributed by atoms with Gasteiger partial charge < -0.3 is 9.84 Å². The van der Waals surface area contributed by atoms with Gasteiger partial charge in [0.1, 0.15) is 0 Å². The summed E-state index contributed by atoms with van der Waals surface area (Å²) in [5.74, 6) is -0.441. The maximum absolute atomic E-state index is 11.7. The molecule has 0 aliphatic rings. The van der Waals surface area contributed by atoms with Gasteiger partial charge in [0.15, 0.2) is 11.5 Å². The maximum Gasteiger partial charge on any atom is 0.277 e. The molecule has 16 heavy (non-hydrogen) atoms. The lowest BCUT2D eigenvalue weighted by Crippen LogP contribution is -2.25. The SMILES string of the molecule is COc1cc(C(=O)N(C)OC)cc(Cl)c1O. The highest BCUT2D eigenvalue weighted by molar-refractivity contribution is 6.32. The van der Waals surface area contributed by atoms with E-state index in [0.717, 1.165) is 5.06 Å². The van der Waals surface area contributed by atoms with Gasteiger partial charge in [0.05, 0.1) is 19.2 Å². The molecule has 1 aromatic carbocycles. The number of methoxy groups -OCH3 is 1. The van der Waals surface area contributed by atoms with Gasteiger partial charge in [0.25, 0.3) is 5.91 Å². The fraction of sp³-hybridized carbons (Fsp3) is 0.300. The topological polar surface area (TPSA) is 59.0 Å². The Morgan fingerprint density at radius 2 is 2.06 bits per heavy atom. The molecule has 0 unspecified atom stereocenters. The lowest BCUT2D eigenvalue weighted by atomic mass is 10.2. The first-order valence-corrected chi connectivity index (χ1v) is 4.77. The van der Waals surface area contributed by atoms with Crippen LogP contribution in [0.4, 0.5) is 0 Å². The molecule has 0 spiro atoms. The number of phenolic OH excluding ortho intramolecular Hbond substituents is 1. The van der Waals surface area contributed by atoms with Crippen LogP contribution in [-0.4, -0.2) is 37.3 Å². The molecule has 1 rings (SSSR count). The van der Waals surface area contributed by atoms with Crippen molar-refractivity contribution in [3.63, 3.8) is 0 Å². The first-order chi connectivity index (χ1) is 7.51. The van der Waals surface area contributed by atoms with Crippen molar-refractivity contribution >= 4 is 17.5 Å². The fourth-order valence-electron chi connectivity index (χ4n) is 1.12. The second-order valence-corrected chi connectivity index (χ2v) is 3.40. The summed E-state index contributed by atoms with van der Waals surface area (Å²) in [7, 11) is 4.21. The highest BCUT2D eigenvalue weighted by atomic mass is 35.5. The molecule has 1 N–H and O–H groups in total. The molecule has 0 aliphatic heterocycles. The van der Waals surface area contributed by atoms with Crippen molar-refractivity contribution in [1.82, 2.24) is 5.06 Å². The predicted octanol–water partition coefficient (Wildman–Crippen LogP) is 1.69. The Bertz CT molecular complexity index is 408. The number of aromatic hydroxyl groups is 1. The van der Waals surface area contributed by atoms with Gasteiger partial charge in [-0.1, -0.05) is 11.6 Å². The summed E-state index contributed by atoms with van der Waals surface area (Å²) in [4.78, 5) is 16.5. The monoisotopic (exact) mass is 245 g/mol. The first kappa shape index (κ1) is 12.6. The maximum atomic E-state index is 11.7. The lowest BCUT2D eigenvalue weighted by Gasteiger charge is -2.14. The van der Waals surface area contributed by atoms with E-state index in [2.05, 4.69) is 0 Å². The van der Waals surface area contributed by atoms with E-state index < -0.39 is 0 Å². The number of carbonyl (C=O) groups excluding carboxylic acids is 1. The Morgan fingerprint density at radius 1 is 1.44 bits per heavy atom. The third kappa shape index (κ3) is 2.37. The first-order valence-electron chi connectivity index (χ1n) is 4.40. The molecule has 5 nitrogen and oxygen atoms in total. The Balaban J connectivity index is 3.16. The minimum Gasteiger partial charge on any atom is -0.503 e. The Morgan fingerprint density at radius 3 is 2.56 bits per heavy atom. The number of phenols is 1. The van der Waals surface area contributed by atoms with E-state index in [1.165, 1.54) is 33.4 Å². The van der Waals surface area contributed by atoms with Crippen molar-refractivity contribution in [2.24, 2.45) is 0 Å². The van der Waals surface area contributed by atoms with Crippen LogP contribution in [0, 0.1) is 0 Å². The molecule has 0 atom stereocenters. The molecule has 0 heterocycles. The minimum atomic E-state index is -0.386. The van der Waals surface area contributed by atoms with Crippen LogP contribution in [-0.2, 0) is 4.84 Å². The number of amides is 1. The van der Waals surface area contributed by atoms with Gasteiger partial charge in [0, 0.05) is 12.6 Å². The molecular weight excluding hydrogens is 234 g/mol. The Labute approximate surface area is 98.1 Å². The van der Waals surface area contributed by atoms with E-state index in [1.807, 2.05) is 0 Å². The van der Waals surface area contributed by atoms with Crippen LogP contribution < -0.4 is 4.74 Å². The predicted molar refractivity (Wildman–Crippen MR) is 58.8 cm³/mol. The summed E-state index contributed by atoms with van der Waals surface area (Å²) in [6, 6.07) is 2.73. The molecular formula is C10H12ClNO4. The molecule has 88 valence electrons. The van der Waals surface area contributed by atoms with Crippen LogP contribution >= 0.6 is 11.6 Å². The van der Waals surface area contributed by atoms with E-state index in [0.29, 0.717) is 0 Å². The molecule has 0 fully saturated rings. The minimum absolute atomic E-state index is 0.0483. The normalized spacial score (nSPS) is 10.0. The zero-order valence-corrected chi connectivity index (χ0v) is 9.91. The molecule has 0 aliphatic carbocycles. The Kier molecular flexibility index (Phi) is 3.98. The lowest BCUT2D eigenvalue weighted by molar-refractivity contribution is -0.0757. The van der Waals surface area contributed by atoms with Gasteiger partial charge in [-0.05, 0) is 12.1 Å². The van der Waals surface area contributed by atoms with Gasteiger partial charge in [-0.15, -0.1) is 0 Å². The zero-order valence-electron chi connectivity index (χ0n) is 9.15. The third-order valence-corrected chi connectivity index (χ3v) is 2.34. The number of carbonyl (C=O) groups is 1. The average molecular weight is 246 g/mol. The van der Waals surface area contributed by atoms with Crippen molar-refractivity contribution in [2.45, 2.75) is 0 Å². The second-order valence-electron chi connectivity index (χ2n) is 2.99. The summed E-state index contributed by atoms with van der Waals surface area (Å²) in [6.07, 6.45) is 0. The van der Waals surface area contributed by atoms with Crippen molar-refractivity contribution in [2.75, 3.05) is 21.3 Å². The van der Waals surface area contributed by atoms with Crippen LogP contribution in [0.25, 0.3) is 0 Å². The van der Waals surface area contributed by atoms with Crippen LogP contribution in [0.15, 0.2) is 12.1 Å². The summed E-state index contributed by atoms with van der Waals surface area (Å²) >= 11 is 5.75. The van der Waals surface area contributed by atoms with Crippen LogP contribution in [0.5, 0.6) is 11.5 Å². The summed E-state index contributed by atoms with van der Waals surface area (Å²) in [5.41, 5.74) is 0.268. The molecule has 0 saturated heterocycles. The Hall–Kier alpha value is -1.46. The molecule has 0 radical (unpaired) electrons. The standard InChI is InChI=1S/C10H12ClNO4/c1-12(16-3)10(14)6-4-7(11)9(13)8(5-6)15-2/h4-5,13H,1-3H3. The highest BCUT2D eigenvalue weighted by Crippen LogP contribution is 2.35. The number of nitrogens with zero attached hydrogens (tertiary/aromatic N) is 1. The van der Waals surface area contributed by atoms with Gasteiger partial charge in [-0.25, -0.2) is 5.06 Å². The van der Waals surface area contributed by atoms with Crippen LogP contribution in [0.2, 0.25) is 5.02 Å². The van der Waals surface area contributed by atoms with E-state index in [1.54, 1.807) is 0 Å². The molecule has 0 aromatic heterocycles. The molecule has 1 aromatic rings. The van der Waals surface area contributed by atoms with Crippen LogP contribution in [0.1, 0.15) is 10.4 Å². The summed E-state index contributed by atoms with van der Waals surface area (Å²) < 4.78 is 4.88. The summed E-state index contributed by atoms with van der Waals surface area (Å²) in [6.45, 7) is 0. The quantitative estimate of drug-likeness (QED) is 0.824. The largest absolute Gasteiger partial charge is 0.503 e. The molecule has 0 bridgehead atoms. The van der Waals surface area contributed by atoms with Crippen LogP contribution in [0.3, 0.4) is 0 Å².